The van der Waals surface area contributed by atoms with Crippen LogP contribution in [0, 0.1) is 0 Å². The molecule has 0 bridgehead atoms. The Kier molecular flexibility index (Phi) is 4.81. The highest BCUT2D eigenvalue weighted by Crippen LogP contribution is 2.20. The molecule has 0 radical (unpaired) electrons. The zero-order valence-electron chi connectivity index (χ0n) is 8.85. The van der Waals surface area contributed by atoms with Crippen molar-refractivity contribution in [3.8, 4) is 0 Å². The molecule has 0 aliphatic carbocycles. The van der Waals surface area contributed by atoms with E-state index in [1.165, 1.54) is 0 Å². The molecule has 1 fully saturated rings. The maximum Gasteiger partial charge on any atom is 0.186 e. The van der Waals surface area contributed by atoms with Crippen LogP contribution in [-0.2, 0) is 9.47 Å². The lowest BCUT2D eigenvalue weighted by Crippen LogP contribution is -2.48. The first-order valence-corrected chi connectivity index (χ1v) is 5.28. The minimum Gasteiger partial charge on any atom is -0.390 e. The molecule has 0 spiro atoms. The van der Waals surface area contributed by atoms with Gasteiger partial charge in [-0.2, -0.15) is 0 Å². The van der Waals surface area contributed by atoms with Gasteiger partial charge in [-0.3, -0.25) is 0 Å². The number of unbranched alkanes of at least 4 members (excludes halogenated alkanes) is 1. The highest BCUT2D eigenvalue weighted by molar-refractivity contribution is 4.79. The summed E-state index contributed by atoms with van der Waals surface area (Å²) in [6, 6.07) is 0. The van der Waals surface area contributed by atoms with Gasteiger partial charge in [-0.1, -0.05) is 13.3 Å². The van der Waals surface area contributed by atoms with Crippen LogP contribution in [0.1, 0.15) is 33.1 Å². The van der Waals surface area contributed by atoms with Gasteiger partial charge in [0.25, 0.3) is 0 Å². The Hall–Kier alpha value is -0.160. The van der Waals surface area contributed by atoms with Crippen LogP contribution in [0.4, 0.5) is 0 Å². The molecule has 0 aromatic rings. The Labute approximate surface area is 84.8 Å². The molecule has 0 saturated carbocycles. The SMILES string of the molecule is CCCCOC1OC(C)CC(O)C1O. The zero-order chi connectivity index (χ0) is 10.6. The first kappa shape index (κ1) is 11.9. The first-order chi connectivity index (χ1) is 6.65. The summed E-state index contributed by atoms with van der Waals surface area (Å²) >= 11 is 0. The number of aliphatic hydroxyl groups excluding tert-OH is 2. The van der Waals surface area contributed by atoms with E-state index in [-0.39, 0.29) is 6.10 Å². The number of aliphatic hydroxyl groups is 2. The number of hydrogen-bond donors (Lipinski definition) is 2. The van der Waals surface area contributed by atoms with Crippen molar-refractivity contribution in [1.29, 1.82) is 0 Å². The molecule has 1 heterocycles. The smallest absolute Gasteiger partial charge is 0.186 e. The van der Waals surface area contributed by atoms with E-state index in [0.29, 0.717) is 13.0 Å². The van der Waals surface area contributed by atoms with Crippen molar-refractivity contribution in [2.24, 2.45) is 0 Å². The number of ether oxygens (including phenoxy) is 2. The molecule has 1 aliphatic heterocycles. The van der Waals surface area contributed by atoms with Crippen molar-refractivity contribution in [2.45, 2.75) is 57.7 Å². The summed E-state index contributed by atoms with van der Waals surface area (Å²) in [5.41, 5.74) is 0. The van der Waals surface area contributed by atoms with Crippen LogP contribution in [-0.4, -0.2) is 41.4 Å². The summed E-state index contributed by atoms with van der Waals surface area (Å²) in [5.74, 6) is 0. The number of hydrogen-bond acceptors (Lipinski definition) is 4. The van der Waals surface area contributed by atoms with Crippen molar-refractivity contribution < 1.29 is 19.7 Å². The summed E-state index contributed by atoms with van der Waals surface area (Å²) in [6.45, 7) is 4.50. The average Bonchev–Trinajstić information content (AvgIpc) is 2.13. The number of rotatable bonds is 4. The molecule has 1 saturated heterocycles. The van der Waals surface area contributed by atoms with Gasteiger partial charge in [0.2, 0.25) is 0 Å². The van der Waals surface area contributed by atoms with Gasteiger partial charge in [0, 0.05) is 13.0 Å². The van der Waals surface area contributed by atoms with Gasteiger partial charge in [0.1, 0.15) is 6.10 Å². The van der Waals surface area contributed by atoms with E-state index in [0.717, 1.165) is 12.8 Å². The van der Waals surface area contributed by atoms with E-state index in [1.54, 1.807) is 0 Å². The van der Waals surface area contributed by atoms with Crippen LogP contribution in [0.15, 0.2) is 0 Å². The Morgan fingerprint density at radius 1 is 1.43 bits per heavy atom. The second-order valence-corrected chi connectivity index (χ2v) is 3.83. The zero-order valence-corrected chi connectivity index (χ0v) is 8.85. The standard InChI is InChI=1S/C10H20O4/c1-3-4-5-13-10-9(12)8(11)6-7(2)14-10/h7-12H,3-6H2,1-2H3. The third-order valence-corrected chi connectivity index (χ3v) is 2.39. The lowest BCUT2D eigenvalue weighted by molar-refractivity contribution is -0.263. The fraction of sp³-hybridized carbons (Fsp3) is 1.00. The largest absolute Gasteiger partial charge is 0.390 e. The summed E-state index contributed by atoms with van der Waals surface area (Å²) in [4.78, 5) is 0. The van der Waals surface area contributed by atoms with Gasteiger partial charge in [-0.15, -0.1) is 0 Å². The Morgan fingerprint density at radius 2 is 2.14 bits per heavy atom. The molecular formula is C10H20O4. The normalized spacial score (nSPS) is 38.6. The molecule has 4 nitrogen and oxygen atoms in total. The predicted molar refractivity (Wildman–Crippen MR) is 51.8 cm³/mol. The van der Waals surface area contributed by atoms with E-state index in [1.807, 2.05) is 6.92 Å². The van der Waals surface area contributed by atoms with Crippen molar-refractivity contribution in [3.05, 3.63) is 0 Å². The minimum absolute atomic E-state index is 0.0555. The van der Waals surface area contributed by atoms with Crippen LogP contribution in [0.3, 0.4) is 0 Å². The lowest BCUT2D eigenvalue weighted by atomic mass is 10.0. The summed E-state index contributed by atoms with van der Waals surface area (Å²) in [5, 5.41) is 19.0. The summed E-state index contributed by atoms with van der Waals surface area (Å²) in [7, 11) is 0. The fourth-order valence-corrected chi connectivity index (χ4v) is 1.51. The highest BCUT2D eigenvalue weighted by Gasteiger charge is 2.35. The maximum absolute atomic E-state index is 9.55. The molecule has 84 valence electrons. The van der Waals surface area contributed by atoms with Crippen LogP contribution in [0.5, 0.6) is 0 Å². The van der Waals surface area contributed by atoms with Gasteiger partial charge >= 0.3 is 0 Å². The molecule has 1 rings (SSSR count). The second kappa shape index (κ2) is 5.66. The molecule has 2 N–H and O–H groups in total. The van der Waals surface area contributed by atoms with Gasteiger partial charge in [-0.25, -0.2) is 0 Å². The Morgan fingerprint density at radius 3 is 2.79 bits per heavy atom. The van der Waals surface area contributed by atoms with Gasteiger partial charge in [0.15, 0.2) is 6.29 Å². The Bertz CT molecular complexity index is 162. The van der Waals surface area contributed by atoms with Crippen LogP contribution in [0.2, 0.25) is 0 Å². The fourth-order valence-electron chi connectivity index (χ4n) is 1.51. The average molecular weight is 204 g/mol. The molecule has 0 aromatic heterocycles. The minimum atomic E-state index is -0.914. The van der Waals surface area contributed by atoms with Crippen molar-refractivity contribution in [3.63, 3.8) is 0 Å². The molecule has 4 heteroatoms. The third-order valence-electron chi connectivity index (χ3n) is 2.39. The molecule has 0 aromatic carbocycles. The molecular weight excluding hydrogens is 184 g/mol. The van der Waals surface area contributed by atoms with Crippen LogP contribution in [0.25, 0.3) is 0 Å². The summed E-state index contributed by atoms with van der Waals surface area (Å²) < 4.78 is 10.7. The highest BCUT2D eigenvalue weighted by atomic mass is 16.7. The van der Waals surface area contributed by atoms with E-state index < -0.39 is 18.5 Å². The molecule has 4 unspecified atom stereocenters. The van der Waals surface area contributed by atoms with E-state index in [4.69, 9.17) is 9.47 Å². The third kappa shape index (κ3) is 3.20. The van der Waals surface area contributed by atoms with Gasteiger partial charge < -0.3 is 19.7 Å². The quantitative estimate of drug-likeness (QED) is 0.660. The second-order valence-electron chi connectivity index (χ2n) is 3.83. The monoisotopic (exact) mass is 204 g/mol. The lowest BCUT2D eigenvalue weighted by Gasteiger charge is -2.35. The summed E-state index contributed by atoms with van der Waals surface area (Å²) in [6.07, 6.45) is 0.0843. The first-order valence-electron chi connectivity index (χ1n) is 5.28. The van der Waals surface area contributed by atoms with Crippen molar-refractivity contribution in [2.75, 3.05) is 6.61 Å². The van der Waals surface area contributed by atoms with E-state index in [9.17, 15) is 10.2 Å². The van der Waals surface area contributed by atoms with E-state index in [2.05, 4.69) is 6.92 Å². The molecule has 1 aliphatic rings. The molecule has 0 amide bonds. The topological polar surface area (TPSA) is 58.9 Å². The van der Waals surface area contributed by atoms with Crippen LogP contribution >= 0.6 is 0 Å². The van der Waals surface area contributed by atoms with Crippen LogP contribution < -0.4 is 0 Å². The predicted octanol–water partition coefficient (Wildman–Crippen LogP) is 0.660. The molecule has 4 atom stereocenters. The van der Waals surface area contributed by atoms with Gasteiger partial charge in [0.05, 0.1) is 12.2 Å². The maximum atomic E-state index is 9.55. The van der Waals surface area contributed by atoms with Crippen molar-refractivity contribution >= 4 is 0 Å². The molecule has 14 heavy (non-hydrogen) atoms. The Balaban J connectivity index is 2.33. The van der Waals surface area contributed by atoms with Crippen molar-refractivity contribution in [1.82, 2.24) is 0 Å². The van der Waals surface area contributed by atoms with Gasteiger partial charge in [-0.05, 0) is 13.3 Å². The van der Waals surface area contributed by atoms with E-state index >= 15 is 0 Å².